The van der Waals surface area contributed by atoms with Crippen molar-refractivity contribution < 1.29 is 53.6 Å². The Bertz CT molecular complexity index is 2950. The first-order valence-corrected chi connectivity index (χ1v) is 22.2. The van der Waals surface area contributed by atoms with Gasteiger partial charge < -0.3 is 50.1 Å². The van der Waals surface area contributed by atoms with E-state index >= 15 is 0 Å². The molecule has 0 bridgehead atoms. The van der Waals surface area contributed by atoms with Crippen LogP contribution in [0, 0.1) is 27.7 Å². The van der Waals surface area contributed by atoms with Crippen LogP contribution in [0.4, 0.5) is 4.79 Å². The van der Waals surface area contributed by atoms with Gasteiger partial charge in [-0.25, -0.2) is 42.0 Å². The molecule has 386 valence electrons. The van der Waals surface area contributed by atoms with Gasteiger partial charge in [-0.2, -0.15) is 5.10 Å². The summed E-state index contributed by atoms with van der Waals surface area (Å²) in [6.07, 6.45) is 1.79. The van der Waals surface area contributed by atoms with Gasteiger partial charge in [0.25, 0.3) is 17.0 Å². The quantitative estimate of drug-likeness (QED) is 0.0747. The van der Waals surface area contributed by atoms with Gasteiger partial charge in [-0.05, 0) is 41.5 Å². The summed E-state index contributed by atoms with van der Waals surface area (Å²) >= 11 is 3.24. The number of carbonyl (C=O) groups excluding carboxylic acids is 2. The summed E-state index contributed by atoms with van der Waals surface area (Å²) in [4.78, 5) is 106. The lowest BCUT2D eigenvalue weighted by Gasteiger charge is -1.98. The van der Waals surface area contributed by atoms with Crippen molar-refractivity contribution in [2.24, 2.45) is 21.1 Å². The molecular formula is C33H47N15O18S4. The van der Waals surface area contributed by atoms with Crippen LogP contribution < -0.4 is 48.0 Å². The molecule has 1 fully saturated rings. The molecule has 9 heterocycles. The first-order chi connectivity index (χ1) is 32.5. The predicted molar refractivity (Wildman–Crippen MR) is 248 cm³/mol. The van der Waals surface area contributed by atoms with Crippen molar-refractivity contribution in [1.29, 1.82) is 0 Å². The van der Waals surface area contributed by atoms with Crippen LogP contribution in [0.15, 0.2) is 68.0 Å². The molecular weight excluding hydrogens is 1020 g/mol. The average Bonchev–Trinajstić information content (AvgIpc) is 4.18. The van der Waals surface area contributed by atoms with Gasteiger partial charge in [-0.3, -0.25) is 53.0 Å². The number of nitrogens with zero attached hydrogens (tertiary/aromatic N) is 6. The Labute approximate surface area is 403 Å². The highest BCUT2D eigenvalue weighted by Gasteiger charge is 2.30. The first-order valence-electron chi connectivity index (χ1n) is 18.6. The zero-order valence-corrected chi connectivity index (χ0v) is 41.1. The molecule has 15 N–H and O–H groups in total. The molecule has 9 rings (SSSR count). The maximum absolute atomic E-state index is 10.4. The van der Waals surface area contributed by atoms with E-state index in [1.807, 2.05) is 11.9 Å². The Morgan fingerprint density at radius 3 is 1.56 bits per heavy atom. The lowest BCUT2D eigenvalue weighted by molar-refractivity contribution is -0.141. The number of hydrogen-bond acceptors (Lipinski definition) is 24. The van der Waals surface area contributed by atoms with Gasteiger partial charge >= 0.3 is 38.1 Å². The first kappa shape index (κ1) is 59.7. The number of rotatable bonds is 0. The van der Waals surface area contributed by atoms with Crippen molar-refractivity contribution in [2.45, 2.75) is 53.8 Å². The Balaban J connectivity index is 0.000000394. The second-order valence-corrected chi connectivity index (χ2v) is 17.3. The number of carbonyl (C=O) groups is 2. The molecule has 2 aliphatic rings. The van der Waals surface area contributed by atoms with E-state index in [-0.39, 0.29) is 73.4 Å². The Morgan fingerprint density at radius 2 is 1.43 bits per heavy atom. The highest BCUT2D eigenvalue weighted by molar-refractivity contribution is 7.98. The van der Waals surface area contributed by atoms with E-state index in [4.69, 9.17) is 30.6 Å². The Morgan fingerprint density at radius 1 is 0.786 bits per heavy atom. The van der Waals surface area contributed by atoms with Crippen LogP contribution in [0.2, 0.25) is 0 Å². The van der Waals surface area contributed by atoms with Crippen molar-refractivity contribution in [2.75, 3.05) is 0 Å². The molecule has 33 nitrogen and oxygen atoms in total. The topological polar surface area (TPSA) is 503 Å². The fourth-order valence-corrected chi connectivity index (χ4v) is 6.06. The number of thiazole rings is 1. The van der Waals surface area contributed by atoms with Gasteiger partial charge in [-0.1, -0.05) is 33.2 Å². The number of aromatic nitrogens is 13. The maximum atomic E-state index is 10.4. The van der Waals surface area contributed by atoms with Crippen LogP contribution >= 0.6 is 34.4 Å². The van der Waals surface area contributed by atoms with E-state index < -0.39 is 39.8 Å². The highest BCUT2D eigenvalue weighted by Crippen LogP contribution is 2.17. The minimum atomic E-state index is -1.50. The van der Waals surface area contributed by atoms with Crippen LogP contribution in [0.3, 0.4) is 0 Å². The van der Waals surface area contributed by atoms with E-state index in [0.29, 0.717) is 10.6 Å². The molecule has 3 atom stereocenters. The molecule has 37 heteroatoms. The zero-order valence-electron chi connectivity index (χ0n) is 37.8. The van der Waals surface area contributed by atoms with Crippen LogP contribution in [-0.4, -0.2) is 122 Å². The molecule has 0 spiro atoms. The van der Waals surface area contributed by atoms with Gasteiger partial charge in [0.05, 0.1) is 22.9 Å². The smallest absolute Gasteiger partial charge is 0.419 e. The lowest BCUT2D eigenvalue weighted by atomic mass is 10.3. The van der Waals surface area contributed by atoms with Gasteiger partial charge in [0.15, 0.2) is 28.6 Å². The molecule has 1 amide bonds. The second kappa shape index (κ2) is 28.8. The number of aromatic amines is 7. The van der Waals surface area contributed by atoms with Crippen molar-refractivity contribution in [3.05, 3.63) is 123 Å². The van der Waals surface area contributed by atoms with Gasteiger partial charge in [0, 0.05) is 43.6 Å². The normalized spacial score (nSPS) is 14.9. The molecule has 0 radical (unpaired) electrons. The number of aliphatic hydroxyl groups excluding tert-OH is 2. The average molecular weight is 1070 g/mol. The van der Waals surface area contributed by atoms with E-state index in [1.165, 1.54) is 58.3 Å². The number of cyclic esters (lactones) is 1. The number of amides is 1. The van der Waals surface area contributed by atoms with Crippen LogP contribution in [-0.2, 0) is 41.7 Å². The number of aryl methyl sites for hydroxylation is 7. The number of aromatic hydroxyl groups is 4. The predicted octanol–water partition coefficient (Wildman–Crippen LogP) is -1.77. The third kappa shape index (κ3) is 22.9. The van der Waals surface area contributed by atoms with Gasteiger partial charge in [0.2, 0.25) is 23.4 Å². The highest BCUT2D eigenvalue weighted by atomic mass is 32.2. The van der Waals surface area contributed by atoms with Crippen LogP contribution in [0.1, 0.15) is 35.1 Å². The van der Waals surface area contributed by atoms with E-state index in [9.17, 15) is 47.4 Å². The number of aliphatic hydroxyl groups is 2. The van der Waals surface area contributed by atoms with Crippen molar-refractivity contribution in [1.82, 2.24) is 73.3 Å². The number of hydrogen-bond donors (Lipinski definition) is 15. The fraction of sp³-hybridized carbons (Fsp3) is 0.333. The summed E-state index contributed by atoms with van der Waals surface area (Å²) in [6.45, 7) is 9.86. The molecule has 1 saturated heterocycles. The van der Waals surface area contributed by atoms with E-state index in [0.717, 1.165) is 27.7 Å². The third-order valence-electron chi connectivity index (χ3n) is 6.95. The SMILES string of the molecule is CC1NC(=O)S(=O)N1.CC1OC(=O)C(O)=C1O.Cc1[nH]c(=O)[nH]c1O.Cc1cc(=O)[nH]s1.Cc1oc(=O)[nH]c1O.Cc1sc(=O)[nH]c1O.Cn1cc(O)nn1.Cn1ncc(=O)[nH]1.Cn1sc(=O)[nH]c1=O. The lowest BCUT2D eigenvalue weighted by Crippen LogP contribution is -2.27. The molecule has 7 aromatic heterocycles. The monoisotopic (exact) mass is 1070 g/mol. The second-order valence-electron chi connectivity index (χ2n) is 12.8. The summed E-state index contributed by atoms with van der Waals surface area (Å²) < 4.78 is 26.8. The van der Waals surface area contributed by atoms with E-state index in [2.05, 4.69) is 64.0 Å². The number of ether oxygens (including phenoxy) is 1. The van der Waals surface area contributed by atoms with Crippen LogP contribution in [0.5, 0.6) is 23.5 Å². The summed E-state index contributed by atoms with van der Waals surface area (Å²) in [6, 6.07) is 1.57. The maximum Gasteiger partial charge on any atom is 0.419 e. The Kier molecular flexibility index (Phi) is 24.6. The van der Waals surface area contributed by atoms with Crippen molar-refractivity contribution in [3.63, 3.8) is 0 Å². The molecule has 70 heavy (non-hydrogen) atoms. The Hall–Kier alpha value is -8.29. The number of H-pyrrole nitrogens is 7. The van der Waals surface area contributed by atoms with Crippen LogP contribution in [0.25, 0.3) is 0 Å². The van der Waals surface area contributed by atoms with Crippen molar-refractivity contribution >= 4 is 56.6 Å². The van der Waals surface area contributed by atoms with Gasteiger partial charge in [-0.15, -0.1) is 0 Å². The van der Waals surface area contributed by atoms with E-state index in [1.54, 1.807) is 40.9 Å². The molecule has 0 aromatic carbocycles. The minimum Gasteiger partial charge on any atom is -0.505 e. The third-order valence-corrected chi connectivity index (χ3v) is 10.2. The number of imidazole rings is 1. The van der Waals surface area contributed by atoms with Crippen molar-refractivity contribution in [3.8, 4) is 23.5 Å². The molecule has 7 aromatic rings. The number of esters is 1. The van der Waals surface area contributed by atoms with Gasteiger partial charge in [0.1, 0.15) is 6.20 Å². The molecule has 2 aliphatic heterocycles. The molecule has 3 unspecified atom stereocenters. The minimum absolute atomic E-state index is 0.00231. The summed E-state index contributed by atoms with van der Waals surface area (Å²) in [5.74, 6) is -2.68. The fourth-order valence-electron chi connectivity index (χ4n) is 3.72. The standard InChI is InChI=1S/C5H6O4.C4H6N2O2.C4H5NO3.C4H5NO2S.C4H5NOS.2C3H5N3O.C3H4N2O2S.C3H6N2O2S/c1-2-3(6)4(7)5(8)9-2;1-2-3(7)6-4(8)5-2;2*1-2-3(6)5-4(7)8-2;1-3-2-4(6)5-7-3;1-6-2-3(7)4-5-6;1-6-4-2-3(7)5-6;1-5-2(6)4-3(7)8-5;1-2-4-3(6)8(7)5-2/h2,6-7H,1H3;7H,1H3,(H2,5,6,8);2*6H,1H3,(H,5,7);2H,1H3,(H,5,6);2,7H,1H3;2H,1H3,(H,5,7);1H3,(H,4,6,7);2,5H,1H3,(H,4,6). The number of oxazole rings is 1. The zero-order chi connectivity index (χ0) is 53.6. The number of nitrogens with one attached hydrogen (secondary N) is 9. The summed E-state index contributed by atoms with van der Waals surface area (Å²) in [7, 11) is 3.38. The molecule has 0 saturated carbocycles. The molecule has 0 aliphatic carbocycles. The summed E-state index contributed by atoms with van der Waals surface area (Å²) in [5.41, 5.74) is -0.417. The largest absolute Gasteiger partial charge is 0.505 e. The summed E-state index contributed by atoms with van der Waals surface area (Å²) in [5, 5.41) is 66.4.